The second-order valence-corrected chi connectivity index (χ2v) is 7.45. The fourth-order valence-corrected chi connectivity index (χ4v) is 3.90. The van der Waals surface area contributed by atoms with E-state index in [1.807, 2.05) is 43.3 Å². The second-order valence-electron chi connectivity index (χ2n) is 5.50. The summed E-state index contributed by atoms with van der Waals surface area (Å²) in [5.74, 6) is 0.744. The summed E-state index contributed by atoms with van der Waals surface area (Å²) in [5, 5.41) is 4.26. The fraction of sp³-hybridized carbons (Fsp3) is 0.111. The Balaban J connectivity index is 1.67. The molecule has 25 heavy (non-hydrogen) atoms. The number of nitrogens with one attached hydrogen (secondary N) is 1. The maximum Gasteiger partial charge on any atom is 0.293 e. The predicted octanol–water partition coefficient (Wildman–Crippen LogP) is 5.37. The van der Waals surface area contributed by atoms with Gasteiger partial charge in [-0.1, -0.05) is 27.3 Å². The molecule has 4 rings (SSSR count). The molecule has 126 valence electrons. The zero-order chi connectivity index (χ0) is 17.6. The number of ether oxygens (including phenoxy) is 1. The molecule has 0 aliphatic carbocycles. The molecule has 0 radical (unpaired) electrons. The van der Waals surface area contributed by atoms with Crippen LogP contribution in [0.1, 0.15) is 16.1 Å². The summed E-state index contributed by atoms with van der Waals surface area (Å²) in [4.78, 5) is 17.0. The zero-order valence-electron chi connectivity index (χ0n) is 13.4. The van der Waals surface area contributed by atoms with Gasteiger partial charge in [0.25, 0.3) is 5.91 Å². The van der Waals surface area contributed by atoms with E-state index in [0.717, 1.165) is 31.4 Å². The molecule has 0 unspecified atom stereocenters. The molecule has 2 aromatic carbocycles. The van der Waals surface area contributed by atoms with Gasteiger partial charge < -0.3 is 9.15 Å². The van der Waals surface area contributed by atoms with Crippen molar-refractivity contribution < 1.29 is 13.9 Å². The molecule has 2 aromatic heterocycles. The van der Waals surface area contributed by atoms with Crippen molar-refractivity contribution in [2.75, 3.05) is 12.4 Å². The van der Waals surface area contributed by atoms with E-state index in [-0.39, 0.29) is 5.91 Å². The van der Waals surface area contributed by atoms with Crippen molar-refractivity contribution in [1.29, 1.82) is 0 Å². The number of amides is 1. The molecule has 0 bridgehead atoms. The van der Waals surface area contributed by atoms with Crippen molar-refractivity contribution in [3.8, 4) is 5.75 Å². The summed E-state index contributed by atoms with van der Waals surface area (Å²) in [6, 6.07) is 11.3. The molecule has 0 spiro atoms. The first-order chi connectivity index (χ1) is 12.0. The molecule has 4 aromatic rings. The third-order valence-corrected chi connectivity index (χ3v) is 5.35. The van der Waals surface area contributed by atoms with Crippen LogP contribution in [0.2, 0.25) is 0 Å². The van der Waals surface area contributed by atoms with Gasteiger partial charge >= 0.3 is 0 Å². The third kappa shape index (κ3) is 2.89. The van der Waals surface area contributed by atoms with Crippen LogP contribution in [0.4, 0.5) is 5.13 Å². The van der Waals surface area contributed by atoms with Gasteiger partial charge in [0.2, 0.25) is 0 Å². The molecule has 5 nitrogen and oxygen atoms in total. The molecule has 0 aliphatic rings. The van der Waals surface area contributed by atoms with E-state index in [0.29, 0.717) is 16.5 Å². The molecule has 0 saturated heterocycles. The van der Waals surface area contributed by atoms with Crippen LogP contribution in [0.15, 0.2) is 45.3 Å². The molecule has 0 atom stereocenters. The lowest BCUT2D eigenvalue weighted by molar-refractivity contribution is 0.0998. The van der Waals surface area contributed by atoms with Gasteiger partial charge in [-0.3, -0.25) is 10.1 Å². The normalized spacial score (nSPS) is 11.2. The minimum Gasteiger partial charge on any atom is -0.497 e. The van der Waals surface area contributed by atoms with E-state index in [9.17, 15) is 4.79 Å². The first-order valence-electron chi connectivity index (χ1n) is 7.50. The number of carbonyl (C=O) groups excluding carboxylic acids is 1. The Morgan fingerprint density at radius 2 is 2.12 bits per heavy atom. The van der Waals surface area contributed by atoms with E-state index < -0.39 is 0 Å². The number of furan rings is 1. The van der Waals surface area contributed by atoms with Crippen LogP contribution in [0.5, 0.6) is 5.75 Å². The molecular formula is C18H13BrN2O3S. The van der Waals surface area contributed by atoms with Gasteiger partial charge in [0.05, 0.1) is 17.3 Å². The second kappa shape index (κ2) is 6.16. The van der Waals surface area contributed by atoms with Crippen molar-refractivity contribution in [2.45, 2.75) is 6.92 Å². The number of anilines is 1. The standard InChI is InChI=1S/C18H13BrN2O3S/c1-9-12-7-10(19)3-6-14(12)24-16(9)17(22)21-18-20-13-5-4-11(23-2)8-15(13)25-18/h3-8H,1-2H3,(H,20,21,22). The van der Waals surface area contributed by atoms with E-state index in [4.69, 9.17) is 9.15 Å². The first kappa shape index (κ1) is 16.1. The number of benzene rings is 2. The van der Waals surface area contributed by atoms with Gasteiger partial charge in [-0.05, 0) is 43.3 Å². The summed E-state index contributed by atoms with van der Waals surface area (Å²) in [7, 11) is 1.62. The first-order valence-corrected chi connectivity index (χ1v) is 9.10. The Kier molecular flexibility index (Phi) is 3.97. The lowest BCUT2D eigenvalue weighted by Gasteiger charge is -1.98. The number of hydrogen-bond acceptors (Lipinski definition) is 5. The smallest absolute Gasteiger partial charge is 0.293 e. The van der Waals surface area contributed by atoms with Gasteiger partial charge in [-0.15, -0.1) is 0 Å². The number of rotatable bonds is 3. The number of carbonyl (C=O) groups is 1. The number of halogens is 1. The maximum atomic E-state index is 12.6. The largest absolute Gasteiger partial charge is 0.497 e. The zero-order valence-corrected chi connectivity index (χ0v) is 15.8. The summed E-state index contributed by atoms with van der Waals surface area (Å²) >= 11 is 4.83. The molecule has 7 heteroatoms. The summed E-state index contributed by atoms with van der Waals surface area (Å²) in [5.41, 5.74) is 2.29. The number of nitrogens with zero attached hydrogens (tertiary/aromatic N) is 1. The number of methoxy groups -OCH3 is 1. The molecule has 1 N–H and O–H groups in total. The van der Waals surface area contributed by atoms with Crippen LogP contribution < -0.4 is 10.1 Å². The lowest BCUT2D eigenvalue weighted by atomic mass is 10.1. The fourth-order valence-electron chi connectivity index (χ4n) is 2.65. The van der Waals surface area contributed by atoms with Crippen molar-refractivity contribution in [1.82, 2.24) is 4.98 Å². The van der Waals surface area contributed by atoms with Crippen LogP contribution in [0.25, 0.3) is 21.2 Å². The molecule has 0 aliphatic heterocycles. The summed E-state index contributed by atoms with van der Waals surface area (Å²) in [6.45, 7) is 1.87. The van der Waals surface area contributed by atoms with Crippen LogP contribution in [-0.2, 0) is 0 Å². The Morgan fingerprint density at radius 3 is 2.92 bits per heavy atom. The van der Waals surface area contributed by atoms with Gasteiger partial charge in [0.15, 0.2) is 10.9 Å². The molecule has 1 amide bonds. The van der Waals surface area contributed by atoms with Crippen LogP contribution >= 0.6 is 27.3 Å². The molecule has 2 heterocycles. The Hall–Kier alpha value is -2.38. The molecule has 0 saturated carbocycles. The number of aryl methyl sites for hydroxylation is 1. The molecular weight excluding hydrogens is 404 g/mol. The Labute approximate surface area is 155 Å². The average molecular weight is 417 g/mol. The van der Waals surface area contributed by atoms with E-state index in [1.54, 1.807) is 7.11 Å². The predicted molar refractivity (Wildman–Crippen MR) is 103 cm³/mol. The maximum absolute atomic E-state index is 12.6. The minimum atomic E-state index is -0.309. The average Bonchev–Trinajstić information content (AvgIpc) is 3.14. The monoisotopic (exact) mass is 416 g/mol. The number of fused-ring (bicyclic) bond motifs is 2. The van der Waals surface area contributed by atoms with Crippen LogP contribution in [-0.4, -0.2) is 18.0 Å². The van der Waals surface area contributed by atoms with Crippen LogP contribution in [0.3, 0.4) is 0 Å². The number of hydrogen-bond donors (Lipinski definition) is 1. The Bertz CT molecular complexity index is 1120. The number of thiazole rings is 1. The van der Waals surface area contributed by atoms with Gasteiger partial charge in [-0.2, -0.15) is 0 Å². The van der Waals surface area contributed by atoms with E-state index in [2.05, 4.69) is 26.2 Å². The van der Waals surface area contributed by atoms with Crippen molar-refractivity contribution in [3.63, 3.8) is 0 Å². The van der Waals surface area contributed by atoms with E-state index >= 15 is 0 Å². The van der Waals surface area contributed by atoms with Gasteiger partial charge in [0.1, 0.15) is 11.3 Å². The highest BCUT2D eigenvalue weighted by atomic mass is 79.9. The lowest BCUT2D eigenvalue weighted by Crippen LogP contribution is -2.11. The minimum absolute atomic E-state index is 0.296. The van der Waals surface area contributed by atoms with Crippen LogP contribution in [0, 0.1) is 6.92 Å². The highest BCUT2D eigenvalue weighted by molar-refractivity contribution is 9.10. The summed E-state index contributed by atoms with van der Waals surface area (Å²) in [6.07, 6.45) is 0. The van der Waals surface area contributed by atoms with E-state index in [1.165, 1.54) is 11.3 Å². The third-order valence-electron chi connectivity index (χ3n) is 3.92. The van der Waals surface area contributed by atoms with Crippen molar-refractivity contribution in [2.24, 2.45) is 0 Å². The summed E-state index contributed by atoms with van der Waals surface area (Å²) < 4.78 is 12.8. The topological polar surface area (TPSA) is 64.4 Å². The van der Waals surface area contributed by atoms with Gasteiger partial charge in [0, 0.05) is 15.4 Å². The number of aromatic nitrogens is 1. The highest BCUT2D eigenvalue weighted by Crippen LogP contribution is 2.31. The van der Waals surface area contributed by atoms with Crippen molar-refractivity contribution in [3.05, 3.63) is 52.2 Å². The molecule has 0 fully saturated rings. The Morgan fingerprint density at radius 1 is 1.28 bits per heavy atom. The van der Waals surface area contributed by atoms with Crippen molar-refractivity contribution >= 4 is 59.5 Å². The quantitative estimate of drug-likeness (QED) is 0.487. The SMILES string of the molecule is COc1ccc2nc(NC(=O)c3oc4ccc(Br)cc4c3C)sc2c1. The highest BCUT2D eigenvalue weighted by Gasteiger charge is 2.19. The van der Waals surface area contributed by atoms with Gasteiger partial charge in [-0.25, -0.2) is 4.98 Å².